The molecule has 2 aliphatic heterocycles. The van der Waals surface area contributed by atoms with Crippen molar-refractivity contribution in [1.82, 2.24) is 4.90 Å². The summed E-state index contributed by atoms with van der Waals surface area (Å²) in [5.74, 6) is 0.618. The Labute approximate surface area is 194 Å². The van der Waals surface area contributed by atoms with Gasteiger partial charge in [-0.25, -0.2) is 0 Å². The van der Waals surface area contributed by atoms with Crippen LogP contribution in [0.1, 0.15) is 30.9 Å². The average Bonchev–Trinajstić information content (AvgIpc) is 2.83. The molecule has 33 heavy (non-hydrogen) atoms. The molecule has 8 heteroatoms. The number of piperidine rings is 1. The van der Waals surface area contributed by atoms with Crippen molar-refractivity contribution in [2.45, 2.75) is 32.7 Å². The first-order valence-electron chi connectivity index (χ1n) is 11.5. The molecular weight excluding hydrogens is 418 g/mol. The number of nitrogens with one attached hydrogen (secondary N) is 1. The van der Waals surface area contributed by atoms with Gasteiger partial charge < -0.3 is 30.7 Å². The van der Waals surface area contributed by atoms with Crippen LogP contribution >= 0.6 is 0 Å². The van der Waals surface area contributed by atoms with Gasteiger partial charge in [0, 0.05) is 37.6 Å². The highest BCUT2D eigenvalue weighted by molar-refractivity contribution is 5.78. The van der Waals surface area contributed by atoms with E-state index in [1.54, 1.807) is 0 Å². The molecule has 2 aromatic rings. The number of nitrogens with zero attached hydrogens (tertiary/aromatic N) is 2. The molecule has 8 nitrogen and oxygen atoms in total. The molecule has 0 radical (unpaired) electrons. The van der Waals surface area contributed by atoms with E-state index in [1.807, 2.05) is 48.2 Å². The minimum atomic E-state index is -0.679. The Kier molecular flexibility index (Phi) is 6.62. The number of nitrogen functional groups attached to an aromatic ring is 1. The molecule has 0 amide bonds. The minimum absolute atomic E-state index is 0.0843. The van der Waals surface area contributed by atoms with Gasteiger partial charge in [-0.3, -0.25) is 10.2 Å². The van der Waals surface area contributed by atoms with Crippen molar-refractivity contribution < 1.29 is 14.3 Å². The van der Waals surface area contributed by atoms with Crippen LogP contribution in [-0.2, 0) is 22.5 Å². The van der Waals surface area contributed by atoms with Crippen molar-refractivity contribution >= 4 is 23.3 Å². The number of anilines is 2. The summed E-state index contributed by atoms with van der Waals surface area (Å²) in [5.41, 5.74) is 15.0. The number of carbonyl (C=O) groups excluding carboxylic acids is 1. The fourth-order valence-electron chi connectivity index (χ4n) is 4.62. The lowest BCUT2D eigenvalue weighted by molar-refractivity contribution is -0.159. The van der Waals surface area contributed by atoms with Crippen LogP contribution in [0.25, 0.3) is 0 Å². The first-order valence-corrected chi connectivity index (χ1v) is 11.5. The number of fused-ring (bicyclic) bond motifs is 1. The van der Waals surface area contributed by atoms with Crippen molar-refractivity contribution in [3.63, 3.8) is 0 Å². The standard InChI is InChI=1S/C25H33N5O3/c1-2-32-23(31)25(10-13-29(14-11-25)21-6-4-20(26)5-7-21)17-33-22-8-3-18-9-12-30(24(27)28)16-19(18)15-22/h3-8,15H,2,9-14,16-17,26H2,1H3,(H3,27,28). The molecule has 176 valence electrons. The molecule has 5 N–H and O–H groups in total. The quantitative estimate of drug-likeness (QED) is 0.267. The van der Waals surface area contributed by atoms with Gasteiger partial charge in [0.05, 0.1) is 6.61 Å². The number of nitrogens with two attached hydrogens (primary N) is 2. The summed E-state index contributed by atoms with van der Waals surface area (Å²) in [7, 11) is 0. The van der Waals surface area contributed by atoms with E-state index in [-0.39, 0.29) is 18.5 Å². The van der Waals surface area contributed by atoms with Gasteiger partial charge in [-0.05, 0) is 73.7 Å². The highest BCUT2D eigenvalue weighted by atomic mass is 16.5. The molecule has 0 aliphatic carbocycles. The van der Waals surface area contributed by atoms with Crippen molar-refractivity contribution in [3.8, 4) is 5.75 Å². The van der Waals surface area contributed by atoms with Gasteiger partial charge in [0.2, 0.25) is 0 Å². The second-order valence-electron chi connectivity index (χ2n) is 8.86. The molecule has 1 saturated heterocycles. The molecule has 0 aromatic heterocycles. The van der Waals surface area contributed by atoms with Crippen LogP contribution in [0.15, 0.2) is 42.5 Å². The van der Waals surface area contributed by atoms with Gasteiger partial charge in [0.1, 0.15) is 17.8 Å². The molecule has 0 saturated carbocycles. The lowest BCUT2D eigenvalue weighted by Gasteiger charge is -2.40. The third-order valence-electron chi connectivity index (χ3n) is 6.73. The zero-order chi connectivity index (χ0) is 23.4. The van der Waals surface area contributed by atoms with Crippen LogP contribution in [0.4, 0.5) is 11.4 Å². The first-order chi connectivity index (χ1) is 15.9. The van der Waals surface area contributed by atoms with Crippen molar-refractivity contribution in [1.29, 1.82) is 5.41 Å². The van der Waals surface area contributed by atoms with Crippen molar-refractivity contribution in [3.05, 3.63) is 53.6 Å². The Hall–Kier alpha value is -3.42. The molecule has 1 fully saturated rings. The van der Waals surface area contributed by atoms with E-state index >= 15 is 0 Å². The maximum atomic E-state index is 13.0. The van der Waals surface area contributed by atoms with E-state index in [2.05, 4.69) is 11.0 Å². The highest BCUT2D eigenvalue weighted by Crippen LogP contribution is 2.36. The summed E-state index contributed by atoms with van der Waals surface area (Å²) >= 11 is 0. The van der Waals surface area contributed by atoms with Crippen LogP contribution in [-0.4, -0.2) is 49.7 Å². The maximum absolute atomic E-state index is 13.0. The van der Waals surface area contributed by atoms with Gasteiger partial charge in [-0.15, -0.1) is 0 Å². The fourth-order valence-corrected chi connectivity index (χ4v) is 4.62. The predicted octanol–water partition coefficient (Wildman–Crippen LogP) is 2.75. The topological polar surface area (TPSA) is 118 Å². The molecule has 0 spiro atoms. The van der Waals surface area contributed by atoms with E-state index in [4.69, 9.17) is 26.4 Å². The number of ether oxygens (including phenoxy) is 2. The number of guanidine groups is 1. The average molecular weight is 452 g/mol. The summed E-state index contributed by atoms with van der Waals surface area (Å²) in [6.45, 7) is 5.28. The van der Waals surface area contributed by atoms with E-state index in [0.717, 1.165) is 48.7 Å². The van der Waals surface area contributed by atoms with E-state index < -0.39 is 5.41 Å². The lowest BCUT2D eigenvalue weighted by atomic mass is 9.79. The van der Waals surface area contributed by atoms with E-state index in [9.17, 15) is 4.79 Å². The number of carbonyl (C=O) groups is 1. The van der Waals surface area contributed by atoms with Crippen LogP contribution in [0.3, 0.4) is 0 Å². The molecule has 2 aromatic carbocycles. The number of benzene rings is 2. The Morgan fingerprint density at radius 2 is 1.82 bits per heavy atom. The number of hydrogen-bond donors (Lipinski definition) is 3. The number of hydrogen-bond acceptors (Lipinski definition) is 6. The second kappa shape index (κ2) is 9.60. The Morgan fingerprint density at radius 1 is 1.09 bits per heavy atom. The Bertz CT molecular complexity index is 1000. The molecule has 0 atom stereocenters. The van der Waals surface area contributed by atoms with Crippen LogP contribution in [0.5, 0.6) is 5.75 Å². The summed E-state index contributed by atoms with van der Waals surface area (Å²) in [5, 5.41) is 7.71. The summed E-state index contributed by atoms with van der Waals surface area (Å²) < 4.78 is 11.7. The monoisotopic (exact) mass is 451 g/mol. The van der Waals surface area contributed by atoms with Gasteiger partial charge >= 0.3 is 5.97 Å². The highest BCUT2D eigenvalue weighted by Gasteiger charge is 2.44. The van der Waals surface area contributed by atoms with Gasteiger partial charge in [-0.1, -0.05) is 6.07 Å². The molecule has 2 aliphatic rings. The molecule has 2 heterocycles. The largest absolute Gasteiger partial charge is 0.492 e. The zero-order valence-electron chi connectivity index (χ0n) is 19.2. The molecule has 0 bridgehead atoms. The summed E-state index contributed by atoms with van der Waals surface area (Å²) in [6.07, 6.45) is 2.15. The first kappa shape index (κ1) is 22.8. The second-order valence-corrected chi connectivity index (χ2v) is 8.86. The normalized spacial score (nSPS) is 17.2. The zero-order valence-corrected chi connectivity index (χ0v) is 19.2. The van der Waals surface area contributed by atoms with E-state index in [1.165, 1.54) is 5.56 Å². The van der Waals surface area contributed by atoms with Crippen LogP contribution < -0.4 is 21.1 Å². The van der Waals surface area contributed by atoms with E-state index in [0.29, 0.717) is 26.0 Å². The molecular formula is C25H33N5O3. The fraction of sp³-hybridized carbons (Fsp3) is 0.440. The maximum Gasteiger partial charge on any atom is 0.315 e. The molecule has 4 rings (SSSR count). The van der Waals surface area contributed by atoms with Gasteiger partial charge in [0.25, 0.3) is 0 Å². The number of esters is 1. The van der Waals surface area contributed by atoms with Crippen LogP contribution in [0.2, 0.25) is 0 Å². The van der Waals surface area contributed by atoms with Gasteiger partial charge in [-0.2, -0.15) is 0 Å². The van der Waals surface area contributed by atoms with Gasteiger partial charge in [0.15, 0.2) is 5.96 Å². The third kappa shape index (κ3) is 4.99. The lowest BCUT2D eigenvalue weighted by Crippen LogP contribution is -2.48. The summed E-state index contributed by atoms with van der Waals surface area (Å²) in [6, 6.07) is 13.9. The number of rotatable bonds is 6. The smallest absolute Gasteiger partial charge is 0.315 e. The SMILES string of the molecule is CCOC(=O)C1(COc2ccc3c(c2)CN(C(=N)N)CC3)CCN(c2ccc(N)cc2)CC1. The van der Waals surface area contributed by atoms with Crippen molar-refractivity contribution in [2.75, 3.05) is 43.5 Å². The Morgan fingerprint density at radius 3 is 2.48 bits per heavy atom. The third-order valence-corrected chi connectivity index (χ3v) is 6.73. The van der Waals surface area contributed by atoms with Crippen LogP contribution in [0, 0.1) is 10.8 Å². The Balaban J connectivity index is 1.45. The minimum Gasteiger partial charge on any atom is -0.492 e. The van der Waals surface area contributed by atoms with Crippen molar-refractivity contribution in [2.24, 2.45) is 11.1 Å². The molecule has 0 unspecified atom stereocenters. The predicted molar refractivity (Wildman–Crippen MR) is 129 cm³/mol. The summed E-state index contributed by atoms with van der Waals surface area (Å²) in [4.78, 5) is 17.1.